The van der Waals surface area contributed by atoms with Crippen molar-refractivity contribution in [3.63, 3.8) is 0 Å². The number of H-pyrrole nitrogens is 1. The number of hydrogen-bond acceptors (Lipinski definition) is 2. The Bertz CT molecular complexity index is 457. The monoisotopic (exact) mass is 272 g/mol. The lowest BCUT2D eigenvalue weighted by atomic mass is 10.3. The van der Waals surface area contributed by atoms with Crippen LogP contribution in [0.2, 0.25) is 10.0 Å². The van der Waals surface area contributed by atoms with E-state index in [0.717, 1.165) is 17.1 Å². The molecule has 0 aliphatic carbocycles. The molecule has 2 nitrogen and oxygen atoms in total. The second kappa shape index (κ2) is 5.62. The second-order valence-electron chi connectivity index (χ2n) is 3.28. The lowest BCUT2D eigenvalue weighted by Gasteiger charge is -2.02. The molecule has 5 heteroatoms. The van der Waals surface area contributed by atoms with Crippen LogP contribution in [0.5, 0.6) is 0 Å². The first kappa shape index (κ1) is 11.8. The Balaban J connectivity index is 1.87. The number of aromatic amines is 1. The Labute approximate surface area is 108 Å². The number of hydrogen-bond donors (Lipinski definition) is 1. The molecule has 1 aromatic heterocycles. The number of thioether (sulfide) groups is 1. The quantitative estimate of drug-likeness (QED) is 0.851. The molecule has 2 rings (SSSR count). The first-order valence-electron chi connectivity index (χ1n) is 4.81. The van der Waals surface area contributed by atoms with Crippen LogP contribution in [0.3, 0.4) is 0 Å². The van der Waals surface area contributed by atoms with Crippen molar-refractivity contribution in [1.29, 1.82) is 0 Å². The lowest BCUT2D eigenvalue weighted by molar-refractivity contribution is 1.09. The van der Waals surface area contributed by atoms with Crippen molar-refractivity contribution in [3.8, 4) is 0 Å². The molecule has 84 valence electrons. The maximum absolute atomic E-state index is 5.93. The molecule has 0 spiro atoms. The number of nitrogens with zero attached hydrogens (tertiary/aromatic N) is 1. The maximum Gasteiger partial charge on any atom is 0.0603 e. The topological polar surface area (TPSA) is 28.7 Å². The molecular weight excluding hydrogens is 263 g/mol. The smallest absolute Gasteiger partial charge is 0.0603 e. The van der Waals surface area contributed by atoms with Crippen LogP contribution in [-0.2, 0) is 6.42 Å². The molecular formula is C11H10Cl2N2S. The van der Waals surface area contributed by atoms with E-state index in [2.05, 4.69) is 10.2 Å². The van der Waals surface area contributed by atoms with E-state index in [1.165, 1.54) is 5.56 Å². The molecule has 0 aliphatic rings. The van der Waals surface area contributed by atoms with Gasteiger partial charge >= 0.3 is 0 Å². The first-order valence-corrected chi connectivity index (χ1v) is 6.55. The third-order valence-electron chi connectivity index (χ3n) is 2.11. The summed E-state index contributed by atoms with van der Waals surface area (Å²) in [4.78, 5) is 1.14. The van der Waals surface area contributed by atoms with Gasteiger partial charge in [-0.15, -0.1) is 11.8 Å². The number of halogens is 2. The van der Waals surface area contributed by atoms with Gasteiger partial charge in [-0.3, -0.25) is 5.10 Å². The zero-order valence-corrected chi connectivity index (χ0v) is 10.7. The van der Waals surface area contributed by atoms with Crippen molar-refractivity contribution in [3.05, 3.63) is 46.2 Å². The number of aromatic nitrogens is 2. The van der Waals surface area contributed by atoms with Crippen LogP contribution in [0.15, 0.2) is 35.5 Å². The van der Waals surface area contributed by atoms with E-state index in [-0.39, 0.29) is 0 Å². The van der Waals surface area contributed by atoms with E-state index >= 15 is 0 Å². The Morgan fingerprint density at radius 1 is 1.25 bits per heavy atom. The summed E-state index contributed by atoms with van der Waals surface area (Å²) < 4.78 is 0. The maximum atomic E-state index is 5.93. The molecule has 1 N–H and O–H groups in total. The summed E-state index contributed by atoms with van der Waals surface area (Å²) in [5, 5.41) is 7.90. The summed E-state index contributed by atoms with van der Waals surface area (Å²) in [5.74, 6) is 0.998. The molecule has 0 atom stereocenters. The molecule has 0 fully saturated rings. The zero-order chi connectivity index (χ0) is 11.4. The van der Waals surface area contributed by atoms with Gasteiger partial charge in [0.25, 0.3) is 0 Å². The average Bonchev–Trinajstić information content (AvgIpc) is 2.76. The fraction of sp³-hybridized carbons (Fsp3) is 0.182. The van der Waals surface area contributed by atoms with Gasteiger partial charge in [-0.1, -0.05) is 23.2 Å². The van der Waals surface area contributed by atoms with Crippen LogP contribution >= 0.6 is 35.0 Å². The summed E-state index contributed by atoms with van der Waals surface area (Å²) >= 11 is 13.5. The lowest BCUT2D eigenvalue weighted by Crippen LogP contribution is -1.85. The van der Waals surface area contributed by atoms with Crippen LogP contribution in [0.25, 0.3) is 0 Å². The van der Waals surface area contributed by atoms with Crippen LogP contribution < -0.4 is 0 Å². The van der Waals surface area contributed by atoms with Crippen LogP contribution in [0, 0.1) is 0 Å². The Morgan fingerprint density at radius 2 is 2.12 bits per heavy atom. The van der Waals surface area contributed by atoms with Crippen molar-refractivity contribution < 1.29 is 0 Å². The van der Waals surface area contributed by atoms with Crippen molar-refractivity contribution in [2.24, 2.45) is 0 Å². The third kappa shape index (κ3) is 3.17. The van der Waals surface area contributed by atoms with E-state index in [0.29, 0.717) is 10.0 Å². The van der Waals surface area contributed by atoms with Gasteiger partial charge in [0.05, 0.1) is 16.2 Å². The number of rotatable bonds is 4. The van der Waals surface area contributed by atoms with Gasteiger partial charge in [-0.05, 0) is 30.2 Å². The molecule has 2 aromatic rings. The van der Waals surface area contributed by atoms with Crippen LogP contribution in [0.1, 0.15) is 5.56 Å². The van der Waals surface area contributed by atoms with Gasteiger partial charge in [-0.2, -0.15) is 5.10 Å². The normalized spacial score (nSPS) is 10.6. The summed E-state index contributed by atoms with van der Waals surface area (Å²) in [7, 11) is 0. The predicted molar refractivity (Wildman–Crippen MR) is 69.5 cm³/mol. The van der Waals surface area contributed by atoms with Gasteiger partial charge in [0.1, 0.15) is 0 Å². The van der Waals surface area contributed by atoms with Gasteiger partial charge in [0, 0.05) is 16.8 Å². The van der Waals surface area contributed by atoms with Gasteiger partial charge in [0.15, 0.2) is 0 Å². The Morgan fingerprint density at radius 3 is 2.81 bits per heavy atom. The third-order valence-corrected chi connectivity index (χ3v) is 3.84. The molecule has 0 aliphatic heterocycles. The highest BCUT2D eigenvalue weighted by molar-refractivity contribution is 7.99. The minimum atomic E-state index is 0.598. The molecule has 0 radical (unpaired) electrons. The van der Waals surface area contributed by atoms with Gasteiger partial charge in [-0.25, -0.2) is 0 Å². The highest BCUT2D eigenvalue weighted by Gasteiger charge is 2.00. The van der Waals surface area contributed by atoms with E-state index in [4.69, 9.17) is 23.2 Å². The fourth-order valence-corrected chi connectivity index (χ4v) is 2.57. The SMILES string of the molecule is Clc1ccc(SCCc2cn[nH]c2)cc1Cl. The predicted octanol–water partition coefficient (Wildman–Crippen LogP) is 4.05. The fourth-order valence-electron chi connectivity index (χ4n) is 1.27. The van der Waals surface area contributed by atoms with Crippen molar-refractivity contribution in [1.82, 2.24) is 10.2 Å². The zero-order valence-electron chi connectivity index (χ0n) is 8.41. The Hall–Kier alpha value is -0.640. The first-order chi connectivity index (χ1) is 7.75. The second-order valence-corrected chi connectivity index (χ2v) is 5.26. The van der Waals surface area contributed by atoms with Crippen LogP contribution in [0.4, 0.5) is 0 Å². The number of aryl methyl sites for hydroxylation is 1. The number of nitrogens with one attached hydrogen (secondary N) is 1. The van der Waals surface area contributed by atoms with Gasteiger partial charge in [0.2, 0.25) is 0 Å². The minimum Gasteiger partial charge on any atom is -0.285 e. The molecule has 0 saturated carbocycles. The summed E-state index contributed by atoms with van der Waals surface area (Å²) in [6.45, 7) is 0. The van der Waals surface area contributed by atoms with Crippen molar-refractivity contribution in [2.75, 3.05) is 5.75 Å². The molecule has 0 bridgehead atoms. The minimum absolute atomic E-state index is 0.598. The van der Waals surface area contributed by atoms with Crippen LogP contribution in [-0.4, -0.2) is 16.0 Å². The molecule has 1 heterocycles. The molecule has 16 heavy (non-hydrogen) atoms. The average molecular weight is 273 g/mol. The highest BCUT2D eigenvalue weighted by Crippen LogP contribution is 2.28. The van der Waals surface area contributed by atoms with E-state index in [1.807, 2.05) is 30.6 Å². The highest BCUT2D eigenvalue weighted by atomic mass is 35.5. The molecule has 0 amide bonds. The molecule has 0 saturated heterocycles. The summed E-state index contributed by atoms with van der Waals surface area (Å²) in [5.41, 5.74) is 1.22. The summed E-state index contributed by atoms with van der Waals surface area (Å²) in [6, 6.07) is 5.70. The standard InChI is InChI=1S/C11H10Cl2N2S/c12-10-2-1-9(5-11(10)13)16-4-3-8-6-14-15-7-8/h1-2,5-7H,3-4H2,(H,14,15). The Kier molecular flexibility index (Phi) is 4.16. The number of benzene rings is 1. The van der Waals surface area contributed by atoms with Gasteiger partial charge < -0.3 is 0 Å². The summed E-state index contributed by atoms with van der Waals surface area (Å²) in [6.07, 6.45) is 4.74. The molecule has 0 unspecified atom stereocenters. The van der Waals surface area contributed by atoms with E-state index in [9.17, 15) is 0 Å². The van der Waals surface area contributed by atoms with Crippen molar-refractivity contribution in [2.45, 2.75) is 11.3 Å². The van der Waals surface area contributed by atoms with E-state index < -0.39 is 0 Å². The largest absolute Gasteiger partial charge is 0.285 e. The van der Waals surface area contributed by atoms with E-state index in [1.54, 1.807) is 11.8 Å². The molecule has 1 aromatic carbocycles. The van der Waals surface area contributed by atoms with Crippen molar-refractivity contribution >= 4 is 35.0 Å².